The number of piperidine rings is 1. The molecule has 0 unspecified atom stereocenters. The molecule has 3 heterocycles. The van der Waals surface area contributed by atoms with Crippen molar-refractivity contribution in [3.05, 3.63) is 87.3 Å². The van der Waals surface area contributed by atoms with E-state index in [1.165, 1.54) is 30.6 Å². The Morgan fingerprint density at radius 1 is 1.04 bits per heavy atom. The highest BCUT2D eigenvalue weighted by Crippen LogP contribution is 2.30. The highest BCUT2D eigenvalue weighted by Gasteiger charge is 2.23. The molecule has 2 amide bonds. The van der Waals surface area contributed by atoms with Gasteiger partial charge in [0.2, 0.25) is 27.3 Å². The van der Waals surface area contributed by atoms with E-state index in [2.05, 4.69) is 27.9 Å². The Bertz CT molecular complexity index is 1970. The molecule has 1 saturated heterocycles. The molecule has 0 atom stereocenters. The number of likely N-dealkylation sites (tertiary alicyclic amines) is 1. The zero-order valence-corrected chi connectivity index (χ0v) is 26.4. The van der Waals surface area contributed by atoms with Crippen LogP contribution in [0.2, 0.25) is 0 Å². The average Bonchev–Trinajstić information content (AvgIpc) is 3.49. The summed E-state index contributed by atoms with van der Waals surface area (Å²) in [6, 6.07) is 14.1. The van der Waals surface area contributed by atoms with Crippen LogP contribution in [0.25, 0.3) is 16.7 Å². The van der Waals surface area contributed by atoms with Crippen molar-refractivity contribution in [2.24, 2.45) is 0 Å². The van der Waals surface area contributed by atoms with Crippen LogP contribution in [-0.4, -0.2) is 72.7 Å². The second-order valence-corrected chi connectivity index (χ2v) is 13.5. The number of benzene rings is 2. The van der Waals surface area contributed by atoms with Crippen molar-refractivity contribution in [3.8, 4) is 5.69 Å². The van der Waals surface area contributed by atoms with E-state index < -0.39 is 27.3 Å². The predicted octanol–water partition coefficient (Wildman–Crippen LogP) is 2.56. The largest absolute Gasteiger partial charge is 0.324 e. The molecule has 0 radical (unpaired) electrons. The minimum Gasteiger partial charge on any atom is -0.324 e. The molecule has 0 saturated carbocycles. The zero-order valence-electron chi connectivity index (χ0n) is 25.6. The summed E-state index contributed by atoms with van der Waals surface area (Å²) in [7, 11) is -2.26. The number of amides is 2. The smallest absolute Gasteiger partial charge is 0.280 e. The predicted molar refractivity (Wildman–Crippen MR) is 173 cm³/mol. The standard InChI is InChI=1S/C32H35N7O6S/c1-45-36-31(42)27-18-39(25-11-8-20-4-3-5-23(20)16-25)30-26(29(27)41)17-33-32(35-30)34-24-9-6-21(7-10-24)22-12-14-38(15-13-22)19-28(40)37-46(2,43)44/h6-11,16-18,22H,3-5,12-15,19H2,1-2H3,(H,36,42)(H,37,40)(H,33,34,35). The number of hydroxylamine groups is 1. The maximum absolute atomic E-state index is 13.3. The van der Waals surface area contributed by atoms with Crippen molar-refractivity contribution in [3.63, 3.8) is 0 Å². The lowest BCUT2D eigenvalue weighted by molar-refractivity contribution is -0.120. The van der Waals surface area contributed by atoms with Crippen molar-refractivity contribution in [1.29, 1.82) is 0 Å². The molecule has 0 spiro atoms. The van der Waals surface area contributed by atoms with Gasteiger partial charge in [0.05, 0.1) is 25.3 Å². The highest BCUT2D eigenvalue weighted by molar-refractivity contribution is 7.89. The van der Waals surface area contributed by atoms with Gasteiger partial charge in [-0.1, -0.05) is 18.2 Å². The molecule has 2 aromatic carbocycles. The Hall–Kier alpha value is -4.66. The van der Waals surface area contributed by atoms with Crippen molar-refractivity contribution >= 4 is 44.5 Å². The maximum Gasteiger partial charge on any atom is 0.280 e. The highest BCUT2D eigenvalue weighted by atomic mass is 32.2. The molecule has 1 aliphatic heterocycles. The fourth-order valence-corrected chi connectivity index (χ4v) is 6.70. The summed E-state index contributed by atoms with van der Waals surface area (Å²) in [6.45, 7) is 1.43. The van der Waals surface area contributed by atoms with Gasteiger partial charge < -0.3 is 9.88 Å². The molecule has 1 aliphatic carbocycles. The van der Waals surface area contributed by atoms with Gasteiger partial charge in [0.25, 0.3) is 5.91 Å². The normalized spacial score (nSPS) is 15.4. The molecule has 14 heteroatoms. The summed E-state index contributed by atoms with van der Waals surface area (Å²) in [5, 5.41) is 3.43. The van der Waals surface area contributed by atoms with Gasteiger partial charge in [0.1, 0.15) is 5.56 Å². The van der Waals surface area contributed by atoms with E-state index in [0.29, 0.717) is 30.6 Å². The molecule has 1 fully saturated rings. The minimum atomic E-state index is -3.57. The van der Waals surface area contributed by atoms with Crippen LogP contribution in [-0.2, 0) is 32.5 Å². The fraction of sp³-hybridized carbons (Fsp3) is 0.344. The first-order chi connectivity index (χ1) is 22.1. The Balaban J connectivity index is 1.21. The SMILES string of the molecule is CONC(=O)c1cn(-c2ccc3c(c2)CCC3)c2nc(Nc3ccc(C4CCN(CC(=O)NS(C)(=O)=O)CC4)cc3)ncc2c1=O. The van der Waals surface area contributed by atoms with E-state index in [1.807, 2.05) is 40.0 Å². The monoisotopic (exact) mass is 645 g/mol. The maximum atomic E-state index is 13.3. The van der Waals surface area contributed by atoms with Crippen LogP contribution in [0.3, 0.4) is 0 Å². The minimum absolute atomic E-state index is 0.0520. The van der Waals surface area contributed by atoms with Crippen molar-refractivity contribution in [2.45, 2.75) is 38.0 Å². The van der Waals surface area contributed by atoms with Crippen molar-refractivity contribution in [2.75, 3.05) is 38.3 Å². The van der Waals surface area contributed by atoms with E-state index in [-0.39, 0.29) is 17.5 Å². The first-order valence-electron chi connectivity index (χ1n) is 15.1. The van der Waals surface area contributed by atoms with Gasteiger partial charge in [-0.25, -0.2) is 18.9 Å². The van der Waals surface area contributed by atoms with Crippen LogP contribution < -0.4 is 20.9 Å². The average molecular weight is 646 g/mol. The summed E-state index contributed by atoms with van der Waals surface area (Å²) in [5.41, 5.74) is 7.26. The lowest BCUT2D eigenvalue weighted by Crippen LogP contribution is -2.42. The number of aromatic nitrogens is 3. The van der Waals surface area contributed by atoms with Crippen molar-refractivity contribution in [1.82, 2.24) is 29.6 Å². The molecule has 240 valence electrons. The van der Waals surface area contributed by atoms with Crippen LogP contribution in [0.15, 0.2) is 59.7 Å². The number of rotatable bonds is 9. The van der Waals surface area contributed by atoms with E-state index in [0.717, 1.165) is 55.3 Å². The Morgan fingerprint density at radius 3 is 2.50 bits per heavy atom. The van der Waals surface area contributed by atoms with Crippen LogP contribution in [0.5, 0.6) is 0 Å². The zero-order chi connectivity index (χ0) is 32.4. The Kier molecular flexibility index (Phi) is 8.84. The Labute approximate surface area is 266 Å². The number of hydrogen-bond acceptors (Lipinski definition) is 10. The van der Waals surface area contributed by atoms with Gasteiger partial charge in [-0.15, -0.1) is 0 Å². The molecular formula is C32H35N7O6S. The number of aryl methyl sites for hydroxylation is 2. The van der Waals surface area contributed by atoms with Gasteiger partial charge in [0.15, 0.2) is 5.65 Å². The van der Waals surface area contributed by atoms with E-state index in [9.17, 15) is 22.8 Å². The van der Waals surface area contributed by atoms with Gasteiger partial charge in [-0.3, -0.25) is 28.8 Å². The summed E-state index contributed by atoms with van der Waals surface area (Å²) in [4.78, 5) is 53.8. The number of sulfonamides is 1. The molecule has 6 rings (SSSR count). The molecule has 13 nitrogen and oxygen atoms in total. The number of nitrogens with zero attached hydrogens (tertiary/aromatic N) is 4. The summed E-state index contributed by atoms with van der Waals surface area (Å²) in [6.07, 6.45) is 8.67. The quantitative estimate of drug-likeness (QED) is 0.231. The van der Waals surface area contributed by atoms with Gasteiger partial charge in [-0.2, -0.15) is 4.98 Å². The molecule has 2 aromatic heterocycles. The van der Waals surface area contributed by atoms with E-state index in [4.69, 9.17) is 9.82 Å². The molecule has 3 N–H and O–H groups in total. The molecule has 0 bridgehead atoms. The third-order valence-corrected chi connectivity index (χ3v) is 9.03. The molecule has 46 heavy (non-hydrogen) atoms. The van der Waals surface area contributed by atoms with Crippen LogP contribution in [0, 0.1) is 0 Å². The number of pyridine rings is 1. The molecule has 4 aromatic rings. The van der Waals surface area contributed by atoms with Crippen LogP contribution in [0.4, 0.5) is 11.6 Å². The second kappa shape index (κ2) is 13.0. The molecule has 2 aliphatic rings. The van der Waals surface area contributed by atoms with Crippen LogP contribution in [0.1, 0.15) is 52.2 Å². The third-order valence-electron chi connectivity index (χ3n) is 8.44. The third kappa shape index (κ3) is 6.93. The fourth-order valence-electron chi connectivity index (χ4n) is 6.22. The second-order valence-electron chi connectivity index (χ2n) is 11.7. The molecular weight excluding hydrogens is 610 g/mol. The van der Waals surface area contributed by atoms with E-state index in [1.54, 1.807) is 4.57 Å². The summed E-state index contributed by atoms with van der Waals surface area (Å²) < 4.78 is 26.4. The number of fused-ring (bicyclic) bond motifs is 2. The summed E-state index contributed by atoms with van der Waals surface area (Å²) in [5.74, 6) is -0.570. The van der Waals surface area contributed by atoms with Crippen LogP contribution >= 0.6 is 0 Å². The topological polar surface area (TPSA) is 165 Å². The number of carbonyl (C=O) groups excluding carboxylic acids is 2. The lowest BCUT2D eigenvalue weighted by Gasteiger charge is -2.31. The van der Waals surface area contributed by atoms with Gasteiger partial charge in [-0.05, 0) is 92.1 Å². The Morgan fingerprint density at radius 2 is 1.78 bits per heavy atom. The number of anilines is 2. The van der Waals surface area contributed by atoms with Gasteiger partial charge >= 0.3 is 0 Å². The summed E-state index contributed by atoms with van der Waals surface area (Å²) >= 11 is 0. The number of nitrogens with one attached hydrogen (secondary N) is 3. The number of hydrogen-bond donors (Lipinski definition) is 3. The first-order valence-corrected chi connectivity index (χ1v) is 16.9. The van der Waals surface area contributed by atoms with E-state index >= 15 is 0 Å². The van der Waals surface area contributed by atoms with Gasteiger partial charge in [0, 0.05) is 23.8 Å². The number of carbonyl (C=O) groups is 2. The van der Waals surface area contributed by atoms with Crippen molar-refractivity contribution < 1.29 is 22.8 Å². The lowest BCUT2D eigenvalue weighted by atomic mass is 9.89. The first kappa shape index (κ1) is 31.3.